The molecule has 8 heteroatoms. The standard InChI is InChI=1S/C23H18BrN3O4/c1-30-18-9-8-14(11-19(18)31-2)21(28)17-13-27(12-15-5-3-7-20(24)26-15)23-16(22(17)29)6-4-10-25-23/h3-11,13H,12H2,1-2H3. The van der Waals surface area contributed by atoms with Crippen LogP contribution >= 0.6 is 15.9 Å². The molecule has 3 heterocycles. The lowest BCUT2D eigenvalue weighted by atomic mass is 10.0. The van der Waals surface area contributed by atoms with Crippen molar-refractivity contribution in [2.75, 3.05) is 14.2 Å². The summed E-state index contributed by atoms with van der Waals surface area (Å²) in [5.41, 5.74) is 1.24. The number of hydrogen-bond donors (Lipinski definition) is 0. The Morgan fingerprint density at radius 1 is 1.06 bits per heavy atom. The number of methoxy groups -OCH3 is 2. The number of rotatable bonds is 6. The molecule has 0 saturated carbocycles. The minimum Gasteiger partial charge on any atom is -0.493 e. The summed E-state index contributed by atoms with van der Waals surface area (Å²) < 4.78 is 13.0. The number of carbonyl (C=O) groups is 1. The van der Waals surface area contributed by atoms with E-state index in [1.807, 2.05) is 18.2 Å². The summed E-state index contributed by atoms with van der Waals surface area (Å²) in [7, 11) is 3.01. The third-order valence-electron chi connectivity index (χ3n) is 4.83. The largest absolute Gasteiger partial charge is 0.493 e. The number of ether oxygens (including phenoxy) is 2. The van der Waals surface area contributed by atoms with E-state index in [9.17, 15) is 9.59 Å². The Kier molecular flexibility index (Phi) is 5.81. The first-order chi connectivity index (χ1) is 15.0. The highest BCUT2D eigenvalue weighted by molar-refractivity contribution is 9.10. The zero-order chi connectivity index (χ0) is 22.0. The molecule has 1 aromatic carbocycles. The van der Waals surface area contributed by atoms with Crippen molar-refractivity contribution in [3.63, 3.8) is 0 Å². The molecule has 0 amide bonds. The SMILES string of the molecule is COc1ccc(C(=O)c2cn(Cc3cccc(Br)n3)c3ncccc3c2=O)cc1OC. The summed E-state index contributed by atoms with van der Waals surface area (Å²) in [6, 6.07) is 13.7. The van der Waals surface area contributed by atoms with Gasteiger partial charge in [0.05, 0.1) is 37.4 Å². The van der Waals surface area contributed by atoms with Crippen molar-refractivity contribution in [2.45, 2.75) is 6.54 Å². The Bertz CT molecular complexity index is 1350. The maximum Gasteiger partial charge on any atom is 0.202 e. The fourth-order valence-electron chi connectivity index (χ4n) is 3.35. The topological polar surface area (TPSA) is 83.3 Å². The van der Waals surface area contributed by atoms with Crippen molar-refractivity contribution in [2.24, 2.45) is 0 Å². The molecule has 0 atom stereocenters. The number of fused-ring (bicyclic) bond motifs is 1. The van der Waals surface area contributed by atoms with E-state index in [2.05, 4.69) is 25.9 Å². The molecule has 0 fully saturated rings. The summed E-state index contributed by atoms with van der Waals surface area (Å²) in [5.74, 6) is 0.502. The average molecular weight is 480 g/mol. The molecule has 4 aromatic rings. The number of aromatic nitrogens is 3. The smallest absolute Gasteiger partial charge is 0.202 e. The third kappa shape index (κ3) is 4.06. The Balaban J connectivity index is 1.85. The van der Waals surface area contributed by atoms with Crippen LogP contribution in [0.15, 0.2) is 70.3 Å². The van der Waals surface area contributed by atoms with Crippen molar-refractivity contribution in [1.29, 1.82) is 0 Å². The monoisotopic (exact) mass is 479 g/mol. The molecule has 3 aromatic heterocycles. The molecule has 0 unspecified atom stereocenters. The van der Waals surface area contributed by atoms with E-state index in [1.165, 1.54) is 14.2 Å². The first-order valence-corrected chi connectivity index (χ1v) is 10.2. The molecular weight excluding hydrogens is 462 g/mol. The third-order valence-corrected chi connectivity index (χ3v) is 5.27. The van der Waals surface area contributed by atoms with E-state index >= 15 is 0 Å². The first kappa shape index (κ1) is 20.7. The van der Waals surface area contributed by atoms with Gasteiger partial charge in [0.15, 0.2) is 17.3 Å². The molecule has 0 aliphatic carbocycles. The van der Waals surface area contributed by atoms with Crippen molar-refractivity contribution >= 4 is 32.7 Å². The summed E-state index contributed by atoms with van der Waals surface area (Å²) in [4.78, 5) is 35.2. The van der Waals surface area contributed by atoms with Crippen LogP contribution in [0.4, 0.5) is 0 Å². The predicted octanol–water partition coefficient (Wildman–Crippen LogP) is 3.85. The van der Waals surface area contributed by atoms with E-state index < -0.39 is 5.78 Å². The first-order valence-electron chi connectivity index (χ1n) is 9.38. The van der Waals surface area contributed by atoms with Gasteiger partial charge in [-0.1, -0.05) is 6.07 Å². The fraction of sp³-hybridized carbons (Fsp3) is 0.130. The molecule has 0 radical (unpaired) electrons. The van der Waals surface area contributed by atoms with Crippen LogP contribution in [0.2, 0.25) is 0 Å². The van der Waals surface area contributed by atoms with Gasteiger partial charge in [-0.3, -0.25) is 9.59 Å². The van der Waals surface area contributed by atoms with E-state index in [4.69, 9.17) is 9.47 Å². The van der Waals surface area contributed by atoms with Gasteiger partial charge in [0.25, 0.3) is 0 Å². The van der Waals surface area contributed by atoms with Crippen LogP contribution < -0.4 is 14.9 Å². The lowest BCUT2D eigenvalue weighted by Crippen LogP contribution is -2.21. The molecule has 4 rings (SSSR count). The Hall–Kier alpha value is -3.52. The second-order valence-corrected chi connectivity index (χ2v) is 7.54. The van der Waals surface area contributed by atoms with Crippen LogP contribution in [-0.4, -0.2) is 34.5 Å². The number of hydrogen-bond acceptors (Lipinski definition) is 6. The second-order valence-electron chi connectivity index (χ2n) is 6.72. The van der Waals surface area contributed by atoms with Crippen molar-refractivity contribution in [3.8, 4) is 11.5 Å². The highest BCUT2D eigenvalue weighted by atomic mass is 79.9. The lowest BCUT2D eigenvalue weighted by Gasteiger charge is -2.13. The van der Waals surface area contributed by atoms with E-state index in [0.717, 1.165) is 5.69 Å². The summed E-state index contributed by atoms with van der Waals surface area (Å²) >= 11 is 3.37. The van der Waals surface area contributed by atoms with Crippen molar-refractivity contribution in [1.82, 2.24) is 14.5 Å². The predicted molar refractivity (Wildman–Crippen MR) is 120 cm³/mol. The van der Waals surface area contributed by atoms with Crippen molar-refractivity contribution in [3.05, 3.63) is 92.6 Å². The molecule has 7 nitrogen and oxygen atoms in total. The normalized spacial score (nSPS) is 10.8. The van der Waals surface area contributed by atoms with E-state index in [-0.39, 0.29) is 11.0 Å². The van der Waals surface area contributed by atoms with Gasteiger partial charge in [-0.25, -0.2) is 9.97 Å². The highest BCUT2D eigenvalue weighted by Crippen LogP contribution is 2.28. The molecule has 0 bridgehead atoms. The average Bonchev–Trinajstić information content (AvgIpc) is 2.80. The zero-order valence-corrected chi connectivity index (χ0v) is 18.4. The van der Waals surface area contributed by atoms with Crippen LogP contribution in [0.25, 0.3) is 11.0 Å². The number of ketones is 1. The van der Waals surface area contributed by atoms with E-state index in [1.54, 1.807) is 47.3 Å². The molecule has 0 saturated heterocycles. The van der Waals surface area contributed by atoms with Gasteiger partial charge in [0, 0.05) is 18.0 Å². The minimum atomic E-state index is -0.410. The summed E-state index contributed by atoms with van der Waals surface area (Å²) in [6.07, 6.45) is 3.15. The van der Waals surface area contributed by atoms with Gasteiger partial charge in [0.1, 0.15) is 10.3 Å². The van der Waals surface area contributed by atoms with Gasteiger partial charge in [0.2, 0.25) is 5.43 Å². The van der Waals surface area contributed by atoms with Gasteiger partial charge in [-0.2, -0.15) is 0 Å². The Morgan fingerprint density at radius 2 is 1.87 bits per heavy atom. The maximum atomic E-state index is 13.3. The molecular formula is C23H18BrN3O4. The van der Waals surface area contributed by atoms with E-state index in [0.29, 0.717) is 39.2 Å². The van der Waals surface area contributed by atoms with Gasteiger partial charge in [-0.05, 0) is 58.4 Å². The van der Waals surface area contributed by atoms with Crippen LogP contribution in [0, 0.1) is 0 Å². The Labute approximate surface area is 186 Å². The number of benzene rings is 1. The summed E-state index contributed by atoms with van der Waals surface area (Å²) in [6.45, 7) is 0.347. The lowest BCUT2D eigenvalue weighted by molar-refractivity contribution is 0.103. The van der Waals surface area contributed by atoms with Crippen LogP contribution in [-0.2, 0) is 6.54 Å². The molecule has 31 heavy (non-hydrogen) atoms. The highest BCUT2D eigenvalue weighted by Gasteiger charge is 2.19. The molecule has 0 aliphatic heterocycles. The zero-order valence-electron chi connectivity index (χ0n) is 16.8. The minimum absolute atomic E-state index is 0.0442. The second kappa shape index (κ2) is 8.69. The Morgan fingerprint density at radius 3 is 2.61 bits per heavy atom. The molecule has 0 spiro atoms. The number of pyridine rings is 3. The molecule has 0 N–H and O–H groups in total. The number of halogens is 1. The van der Waals surface area contributed by atoms with Crippen LogP contribution in [0.3, 0.4) is 0 Å². The van der Waals surface area contributed by atoms with Gasteiger partial charge >= 0.3 is 0 Å². The number of carbonyl (C=O) groups excluding carboxylic acids is 1. The fourth-order valence-corrected chi connectivity index (χ4v) is 3.73. The van der Waals surface area contributed by atoms with Crippen molar-refractivity contribution < 1.29 is 14.3 Å². The van der Waals surface area contributed by atoms with Gasteiger partial charge < -0.3 is 14.0 Å². The van der Waals surface area contributed by atoms with Gasteiger partial charge in [-0.15, -0.1) is 0 Å². The van der Waals surface area contributed by atoms with Crippen LogP contribution in [0.1, 0.15) is 21.6 Å². The number of nitrogens with zero attached hydrogens (tertiary/aromatic N) is 3. The summed E-state index contributed by atoms with van der Waals surface area (Å²) in [5, 5.41) is 0.365. The quantitative estimate of drug-likeness (QED) is 0.308. The maximum absolute atomic E-state index is 13.3. The molecule has 0 aliphatic rings. The van der Waals surface area contributed by atoms with Crippen LogP contribution in [0.5, 0.6) is 11.5 Å². The molecule has 156 valence electrons.